The molecule has 1 heterocycles. The third kappa shape index (κ3) is 6.24. The van der Waals surface area contributed by atoms with Gasteiger partial charge in [-0.15, -0.1) is 23.1 Å². The molecule has 0 aliphatic heterocycles. The second-order valence-corrected chi connectivity index (χ2v) is 9.24. The van der Waals surface area contributed by atoms with E-state index in [9.17, 15) is 4.79 Å². The minimum atomic E-state index is -0.172. The van der Waals surface area contributed by atoms with E-state index < -0.39 is 0 Å². The molecule has 3 rings (SSSR count). The van der Waals surface area contributed by atoms with Crippen molar-refractivity contribution in [2.24, 2.45) is 0 Å². The molecule has 0 bridgehead atoms. The number of hydrogen-bond donors (Lipinski definition) is 1. The topological polar surface area (TPSA) is 60.5 Å². The lowest BCUT2D eigenvalue weighted by Crippen LogP contribution is -2.30. The van der Waals surface area contributed by atoms with Gasteiger partial charge in [0.1, 0.15) is 5.01 Å². The number of nitrogens with zero attached hydrogens (tertiary/aromatic N) is 1. The molecular weight excluding hydrogens is 428 g/mol. The number of methoxy groups -OCH3 is 2. The van der Waals surface area contributed by atoms with E-state index >= 15 is 0 Å². The molecule has 31 heavy (non-hydrogen) atoms. The number of thiazole rings is 1. The van der Waals surface area contributed by atoms with Gasteiger partial charge in [-0.1, -0.05) is 37.3 Å². The summed E-state index contributed by atoms with van der Waals surface area (Å²) in [7, 11) is 3.20. The molecule has 0 radical (unpaired) electrons. The van der Waals surface area contributed by atoms with E-state index in [1.54, 1.807) is 37.3 Å². The van der Waals surface area contributed by atoms with Crippen molar-refractivity contribution < 1.29 is 14.3 Å². The molecule has 0 fully saturated rings. The van der Waals surface area contributed by atoms with Gasteiger partial charge < -0.3 is 14.8 Å². The first-order valence-corrected chi connectivity index (χ1v) is 12.1. The van der Waals surface area contributed by atoms with E-state index in [0.29, 0.717) is 23.8 Å². The molecule has 0 aliphatic carbocycles. The van der Waals surface area contributed by atoms with Gasteiger partial charge in [-0.2, -0.15) is 0 Å². The van der Waals surface area contributed by atoms with E-state index in [1.807, 2.05) is 25.1 Å². The number of carbonyl (C=O) groups is 1. The minimum absolute atomic E-state index is 0.00499. The second kappa shape index (κ2) is 11.2. The SMILES string of the molecule is CCc1ccc(-c2nc(CSC(C)C(=O)NCc3ccc(OC)c(OC)c3)cs2)cc1. The van der Waals surface area contributed by atoms with Crippen molar-refractivity contribution >= 4 is 29.0 Å². The fourth-order valence-electron chi connectivity index (χ4n) is 3.00. The lowest BCUT2D eigenvalue weighted by molar-refractivity contribution is -0.120. The van der Waals surface area contributed by atoms with E-state index in [2.05, 4.69) is 41.9 Å². The quantitative estimate of drug-likeness (QED) is 0.447. The summed E-state index contributed by atoms with van der Waals surface area (Å²) in [6, 6.07) is 14.2. The summed E-state index contributed by atoms with van der Waals surface area (Å²) in [5, 5.41) is 5.91. The van der Waals surface area contributed by atoms with Crippen LogP contribution < -0.4 is 14.8 Å². The molecule has 1 N–H and O–H groups in total. The maximum Gasteiger partial charge on any atom is 0.233 e. The zero-order valence-corrected chi connectivity index (χ0v) is 19.9. The molecule has 2 aromatic carbocycles. The zero-order valence-electron chi connectivity index (χ0n) is 18.3. The van der Waals surface area contributed by atoms with Crippen LogP contribution in [0.3, 0.4) is 0 Å². The Morgan fingerprint density at radius 2 is 1.81 bits per heavy atom. The van der Waals surface area contributed by atoms with Crippen LogP contribution in [0.2, 0.25) is 0 Å². The summed E-state index contributed by atoms with van der Waals surface area (Å²) in [6.07, 6.45) is 1.03. The van der Waals surface area contributed by atoms with Crippen molar-refractivity contribution in [3.05, 3.63) is 64.7 Å². The number of hydrogen-bond acceptors (Lipinski definition) is 6. The largest absolute Gasteiger partial charge is 0.493 e. The van der Waals surface area contributed by atoms with E-state index in [-0.39, 0.29) is 11.2 Å². The first-order chi connectivity index (χ1) is 15.0. The fourth-order valence-corrected chi connectivity index (χ4v) is 4.73. The maximum absolute atomic E-state index is 12.5. The molecule has 164 valence electrons. The van der Waals surface area contributed by atoms with E-state index in [1.165, 1.54) is 5.56 Å². The number of aromatic nitrogens is 1. The summed E-state index contributed by atoms with van der Waals surface area (Å²) in [6.45, 7) is 4.52. The standard InChI is InChI=1S/C24H28N2O3S2/c1-5-17-6-9-19(10-7-17)24-26-20(15-31-24)14-30-16(2)23(27)25-13-18-8-11-21(28-3)22(12-18)29-4/h6-12,15-16H,5,13-14H2,1-4H3,(H,25,27). The highest BCUT2D eigenvalue weighted by atomic mass is 32.2. The van der Waals surface area contributed by atoms with Crippen molar-refractivity contribution in [2.45, 2.75) is 37.8 Å². The predicted molar refractivity (Wildman–Crippen MR) is 129 cm³/mol. The minimum Gasteiger partial charge on any atom is -0.493 e. The van der Waals surface area contributed by atoms with Crippen LogP contribution >= 0.6 is 23.1 Å². The number of ether oxygens (including phenoxy) is 2. The van der Waals surface area contributed by atoms with Crippen LogP contribution in [-0.4, -0.2) is 30.4 Å². The summed E-state index contributed by atoms with van der Waals surface area (Å²) in [4.78, 5) is 17.2. The summed E-state index contributed by atoms with van der Waals surface area (Å²) in [5.41, 5.74) is 4.42. The molecule has 5 nitrogen and oxygen atoms in total. The highest BCUT2D eigenvalue weighted by Gasteiger charge is 2.15. The third-order valence-electron chi connectivity index (χ3n) is 4.93. The van der Waals surface area contributed by atoms with Gasteiger partial charge in [0.25, 0.3) is 0 Å². The average molecular weight is 457 g/mol. The Bertz CT molecular complexity index is 1000. The van der Waals surface area contributed by atoms with Crippen LogP contribution in [0.1, 0.15) is 30.7 Å². The highest BCUT2D eigenvalue weighted by molar-refractivity contribution is 7.99. The Balaban J connectivity index is 1.49. The van der Waals surface area contributed by atoms with Crippen LogP contribution in [0, 0.1) is 0 Å². The molecule has 0 saturated heterocycles. The molecule has 0 aliphatic rings. The molecular formula is C24H28N2O3S2. The monoisotopic (exact) mass is 456 g/mol. The highest BCUT2D eigenvalue weighted by Crippen LogP contribution is 2.28. The van der Waals surface area contributed by atoms with Crippen molar-refractivity contribution in [2.75, 3.05) is 14.2 Å². The molecule has 1 aromatic heterocycles. The number of aryl methyl sites for hydroxylation is 1. The third-order valence-corrected chi connectivity index (χ3v) is 7.04. The van der Waals surface area contributed by atoms with Gasteiger partial charge in [-0.3, -0.25) is 4.79 Å². The second-order valence-electron chi connectivity index (χ2n) is 7.05. The molecule has 7 heteroatoms. The van der Waals surface area contributed by atoms with Gasteiger partial charge in [-0.05, 0) is 36.6 Å². The van der Waals surface area contributed by atoms with Crippen LogP contribution in [0.4, 0.5) is 0 Å². The number of nitrogens with one attached hydrogen (secondary N) is 1. The molecule has 0 saturated carbocycles. The van der Waals surface area contributed by atoms with Crippen LogP contribution in [-0.2, 0) is 23.5 Å². The Labute approximate surface area is 192 Å². The van der Waals surface area contributed by atoms with E-state index in [0.717, 1.165) is 28.2 Å². The van der Waals surface area contributed by atoms with Crippen molar-refractivity contribution in [3.63, 3.8) is 0 Å². The zero-order chi connectivity index (χ0) is 22.2. The van der Waals surface area contributed by atoms with Crippen LogP contribution in [0.5, 0.6) is 11.5 Å². The molecule has 1 amide bonds. The average Bonchev–Trinajstić information content (AvgIpc) is 3.29. The smallest absolute Gasteiger partial charge is 0.233 e. The lowest BCUT2D eigenvalue weighted by atomic mass is 10.1. The first kappa shape index (κ1) is 23.2. The lowest BCUT2D eigenvalue weighted by Gasteiger charge is -2.13. The van der Waals surface area contributed by atoms with Crippen LogP contribution in [0.25, 0.3) is 10.6 Å². The summed E-state index contributed by atoms with van der Waals surface area (Å²) >= 11 is 3.23. The predicted octanol–water partition coefficient (Wildman–Crippen LogP) is 5.33. The van der Waals surface area contributed by atoms with Crippen molar-refractivity contribution in [1.82, 2.24) is 10.3 Å². The fraction of sp³-hybridized carbons (Fsp3) is 0.333. The summed E-state index contributed by atoms with van der Waals surface area (Å²) in [5.74, 6) is 2.03. The van der Waals surface area contributed by atoms with E-state index in [4.69, 9.17) is 14.5 Å². The Hall–Kier alpha value is -2.51. The number of carbonyl (C=O) groups excluding carboxylic acids is 1. The van der Waals surface area contributed by atoms with Crippen molar-refractivity contribution in [1.29, 1.82) is 0 Å². The molecule has 1 unspecified atom stereocenters. The molecule has 3 aromatic rings. The van der Waals surface area contributed by atoms with Gasteiger partial charge in [0.15, 0.2) is 11.5 Å². The number of thioether (sulfide) groups is 1. The summed E-state index contributed by atoms with van der Waals surface area (Å²) < 4.78 is 10.6. The Morgan fingerprint density at radius 1 is 1.10 bits per heavy atom. The van der Waals surface area contributed by atoms with Crippen LogP contribution in [0.15, 0.2) is 47.8 Å². The Kier molecular flexibility index (Phi) is 8.37. The molecule has 0 spiro atoms. The number of rotatable bonds is 10. The Morgan fingerprint density at radius 3 is 2.48 bits per heavy atom. The van der Waals surface area contributed by atoms with Gasteiger partial charge in [-0.25, -0.2) is 4.98 Å². The van der Waals surface area contributed by atoms with Gasteiger partial charge in [0.05, 0.1) is 25.2 Å². The number of amides is 1. The normalized spacial score (nSPS) is 11.7. The number of benzene rings is 2. The maximum atomic E-state index is 12.5. The molecule has 1 atom stereocenters. The first-order valence-electron chi connectivity index (χ1n) is 10.2. The van der Waals surface area contributed by atoms with Crippen molar-refractivity contribution in [3.8, 4) is 22.1 Å². The van der Waals surface area contributed by atoms with Gasteiger partial charge in [0, 0.05) is 23.2 Å². The van der Waals surface area contributed by atoms with Gasteiger partial charge in [0.2, 0.25) is 5.91 Å². The van der Waals surface area contributed by atoms with Gasteiger partial charge >= 0.3 is 0 Å².